The molecule has 0 aliphatic heterocycles. The third-order valence-corrected chi connectivity index (χ3v) is 5.08. The highest BCUT2D eigenvalue weighted by molar-refractivity contribution is 8.02. The van der Waals surface area contributed by atoms with E-state index in [1.807, 2.05) is 13.0 Å². The van der Waals surface area contributed by atoms with Crippen LogP contribution >= 0.6 is 11.8 Å². The van der Waals surface area contributed by atoms with Gasteiger partial charge < -0.3 is 4.57 Å². The summed E-state index contributed by atoms with van der Waals surface area (Å²) in [6.07, 6.45) is 10.5. The first-order valence-corrected chi connectivity index (χ1v) is 9.63. The summed E-state index contributed by atoms with van der Waals surface area (Å²) in [6.45, 7) is 8.24. The highest BCUT2D eigenvalue weighted by atomic mass is 32.2. The number of fused-ring (bicyclic) bond motifs is 1. The number of rotatable bonds is 5. The van der Waals surface area contributed by atoms with E-state index in [0.717, 1.165) is 11.4 Å². The molecule has 3 rings (SSSR count). The summed E-state index contributed by atoms with van der Waals surface area (Å²) in [4.78, 5) is 1.31. The number of allylic oxidation sites excluding steroid dienone is 2. The van der Waals surface area contributed by atoms with Gasteiger partial charge in [-0.1, -0.05) is 49.1 Å². The molecule has 2 heteroatoms. The van der Waals surface area contributed by atoms with Crippen LogP contribution in [-0.2, 0) is 0 Å². The molecule has 0 unspecified atom stereocenters. The van der Waals surface area contributed by atoms with E-state index >= 15 is 0 Å². The smallest absolute Gasteiger partial charge is 0.0541 e. The van der Waals surface area contributed by atoms with Gasteiger partial charge in [-0.3, -0.25) is 0 Å². The fraction of sp³-hybridized carbons (Fsp3) is 0.130. The van der Waals surface area contributed by atoms with E-state index in [4.69, 9.17) is 0 Å². The van der Waals surface area contributed by atoms with Crippen LogP contribution in [0.3, 0.4) is 0 Å². The lowest BCUT2D eigenvalue weighted by atomic mass is 10.1. The van der Waals surface area contributed by atoms with Crippen molar-refractivity contribution in [2.75, 3.05) is 6.26 Å². The van der Waals surface area contributed by atoms with E-state index in [1.165, 1.54) is 26.9 Å². The Morgan fingerprint density at radius 2 is 1.80 bits per heavy atom. The molecule has 0 saturated carbocycles. The predicted molar refractivity (Wildman–Crippen MR) is 115 cm³/mol. The largest absolute Gasteiger partial charge is 0.309 e. The summed E-state index contributed by atoms with van der Waals surface area (Å²) < 4.78 is 2.28. The maximum Gasteiger partial charge on any atom is 0.0541 e. The van der Waals surface area contributed by atoms with Crippen molar-refractivity contribution in [2.45, 2.75) is 13.8 Å². The molecular formula is C23H23NS. The van der Waals surface area contributed by atoms with Crippen LogP contribution in [0, 0.1) is 0 Å². The first-order valence-electron chi connectivity index (χ1n) is 8.41. The number of aromatic nitrogens is 1. The number of thioether (sulfide) groups is 1. The molecule has 1 heterocycles. The molecular weight excluding hydrogens is 322 g/mol. The highest BCUT2D eigenvalue weighted by Crippen LogP contribution is 2.31. The van der Waals surface area contributed by atoms with E-state index in [1.54, 1.807) is 11.8 Å². The topological polar surface area (TPSA) is 4.93 Å². The Bertz CT molecular complexity index is 956. The van der Waals surface area contributed by atoms with Crippen molar-refractivity contribution in [1.29, 1.82) is 0 Å². The molecule has 3 aromatic rings. The molecule has 1 aromatic heterocycles. The van der Waals surface area contributed by atoms with Crippen LogP contribution in [0.1, 0.15) is 30.7 Å². The second-order valence-corrected chi connectivity index (χ2v) is 6.96. The van der Waals surface area contributed by atoms with Gasteiger partial charge in [-0.2, -0.15) is 0 Å². The Morgan fingerprint density at radius 3 is 2.44 bits per heavy atom. The number of hydrogen-bond acceptors (Lipinski definition) is 1. The molecule has 0 aliphatic carbocycles. The van der Waals surface area contributed by atoms with Gasteiger partial charge in [0.2, 0.25) is 0 Å². The SMILES string of the molecule is C=Cc1c(/C=C\C)c2ccccc2n1-c1ccc(/C=C(/C)SC)cc1. The van der Waals surface area contributed by atoms with Gasteiger partial charge in [0.1, 0.15) is 0 Å². The van der Waals surface area contributed by atoms with Crippen LogP contribution in [-0.4, -0.2) is 10.8 Å². The van der Waals surface area contributed by atoms with Gasteiger partial charge in [0.15, 0.2) is 0 Å². The van der Waals surface area contributed by atoms with E-state index in [0.29, 0.717) is 0 Å². The first kappa shape index (κ1) is 17.4. The number of para-hydroxylation sites is 1. The van der Waals surface area contributed by atoms with Crippen LogP contribution in [0.2, 0.25) is 0 Å². The molecule has 0 saturated heterocycles. The van der Waals surface area contributed by atoms with Gasteiger partial charge in [0, 0.05) is 16.6 Å². The predicted octanol–water partition coefficient (Wildman–Crippen LogP) is 7.03. The van der Waals surface area contributed by atoms with Crippen LogP contribution in [0.5, 0.6) is 0 Å². The maximum atomic E-state index is 4.06. The average Bonchev–Trinajstić information content (AvgIpc) is 2.96. The average molecular weight is 346 g/mol. The molecule has 2 aromatic carbocycles. The van der Waals surface area contributed by atoms with Gasteiger partial charge in [0.25, 0.3) is 0 Å². The Balaban J connectivity index is 2.20. The molecule has 0 aliphatic rings. The van der Waals surface area contributed by atoms with Gasteiger partial charge in [-0.25, -0.2) is 0 Å². The minimum Gasteiger partial charge on any atom is -0.309 e. The van der Waals surface area contributed by atoms with E-state index in [2.05, 4.69) is 91.1 Å². The summed E-state index contributed by atoms with van der Waals surface area (Å²) in [5, 5.41) is 1.25. The molecule has 1 nitrogen and oxygen atoms in total. The van der Waals surface area contributed by atoms with Crippen LogP contribution in [0.25, 0.3) is 34.8 Å². The van der Waals surface area contributed by atoms with Gasteiger partial charge >= 0.3 is 0 Å². The van der Waals surface area contributed by atoms with Crippen molar-refractivity contribution in [3.63, 3.8) is 0 Å². The number of nitrogens with zero attached hydrogens (tertiary/aromatic N) is 1. The summed E-state index contributed by atoms with van der Waals surface area (Å²) in [5.74, 6) is 0. The van der Waals surface area contributed by atoms with E-state index in [9.17, 15) is 0 Å². The number of hydrogen-bond donors (Lipinski definition) is 0. The fourth-order valence-electron chi connectivity index (χ4n) is 3.12. The Labute approximate surface area is 154 Å². The zero-order valence-corrected chi connectivity index (χ0v) is 15.8. The van der Waals surface area contributed by atoms with E-state index < -0.39 is 0 Å². The molecule has 0 N–H and O–H groups in total. The minimum absolute atomic E-state index is 1.13. The summed E-state index contributed by atoms with van der Waals surface area (Å²) in [5.41, 5.74) is 5.92. The highest BCUT2D eigenvalue weighted by Gasteiger charge is 2.14. The molecule has 0 bridgehead atoms. The van der Waals surface area contributed by atoms with Gasteiger partial charge in [-0.15, -0.1) is 11.8 Å². The summed E-state index contributed by atoms with van der Waals surface area (Å²) >= 11 is 1.77. The molecule has 0 spiro atoms. The van der Waals surface area contributed by atoms with Crippen molar-refractivity contribution in [2.24, 2.45) is 0 Å². The third-order valence-electron chi connectivity index (χ3n) is 4.32. The molecule has 0 amide bonds. The Hall–Kier alpha value is -2.45. The normalized spacial score (nSPS) is 12.2. The molecule has 25 heavy (non-hydrogen) atoms. The van der Waals surface area contributed by atoms with Crippen molar-refractivity contribution in [3.05, 3.63) is 82.9 Å². The second kappa shape index (κ2) is 7.62. The monoisotopic (exact) mass is 345 g/mol. The zero-order chi connectivity index (χ0) is 17.8. The quantitative estimate of drug-likeness (QED) is 0.480. The first-order chi connectivity index (χ1) is 12.2. The molecule has 0 fully saturated rings. The van der Waals surface area contributed by atoms with Crippen molar-refractivity contribution in [1.82, 2.24) is 4.57 Å². The lowest BCUT2D eigenvalue weighted by Gasteiger charge is -2.10. The van der Waals surface area contributed by atoms with Crippen molar-refractivity contribution >= 4 is 40.9 Å². The van der Waals surface area contributed by atoms with Gasteiger partial charge in [-0.05, 0) is 60.9 Å². The zero-order valence-electron chi connectivity index (χ0n) is 15.0. The molecule has 0 radical (unpaired) electrons. The van der Waals surface area contributed by atoms with Crippen LogP contribution in [0.15, 0.2) is 66.1 Å². The van der Waals surface area contributed by atoms with E-state index in [-0.39, 0.29) is 0 Å². The lowest BCUT2D eigenvalue weighted by Crippen LogP contribution is -1.96. The van der Waals surface area contributed by atoms with Crippen LogP contribution in [0.4, 0.5) is 0 Å². The Kier molecular flexibility index (Phi) is 5.30. The van der Waals surface area contributed by atoms with Gasteiger partial charge in [0.05, 0.1) is 11.2 Å². The second-order valence-electron chi connectivity index (χ2n) is 5.91. The van der Waals surface area contributed by atoms with Crippen molar-refractivity contribution < 1.29 is 0 Å². The fourth-order valence-corrected chi connectivity index (χ4v) is 3.37. The maximum absolute atomic E-state index is 4.06. The van der Waals surface area contributed by atoms with Crippen LogP contribution < -0.4 is 0 Å². The lowest BCUT2D eigenvalue weighted by molar-refractivity contribution is 1.10. The molecule has 126 valence electrons. The standard InChI is InChI=1S/C23H23NS/c1-5-9-20-21-10-7-8-11-23(21)24(22(20)6-2)19-14-12-18(13-15-19)16-17(3)25-4/h5-16H,2H2,1,3-4H3/b9-5-,17-16-. The van der Waals surface area contributed by atoms with Crippen molar-refractivity contribution in [3.8, 4) is 5.69 Å². The summed E-state index contributed by atoms with van der Waals surface area (Å²) in [7, 11) is 0. The summed E-state index contributed by atoms with van der Waals surface area (Å²) in [6, 6.07) is 17.2. The molecule has 0 atom stereocenters. The third kappa shape index (κ3) is 3.35. The Morgan fingerprint density at radius 1 is 1.08 bits per heavy atom. The minimum atomic E-state index is 1.13. The number of benzene rings is 2.